The molecule has 0 radical (unpaired) electrons. The molecule has 0 aromatic rings. The molecule has 0 bridgehead atoms. The number of aliphatic hydroxyl groups is 3. The van der Waals surface area contributed by atoms with Gasteiger partial charge in [-0.25, -0.2) is 0 Å². The van der Waals surface area contributed by atoms with E-state index in [0.717, 1.165) is 0 Å². The molecule has 5 heteroatoms. The summed E-state index contributed by atoms with van der Waals surface area (Å²) in [6, 6.07) is 0. The highest BCUT2D eigenvalue weighted by atomic mass is 16.7. The van der Waals surface area contributed by atoms with Gasteiger partial charge in [0.05, 0.1) is 6.10 Å². The Morgan fingerprint density at radius 3 is 2.46 bits per heavy atom. The van der Waals surface area contributed by atoms with Crippen molar-refractivity contribution in [2.45, 2.75) is 31.8 Å². The zero-order valence-corrected chi connectivity index (χ0v) is 7.81. The van der Waals surface area contributed by atoms with Gasteiger partial charge in [0, 0.05) is 7.11 Å². The first kappa shape index (κ1) is 10.3. The molecule has 0 saturated heterocycles. The molecular formula is C8H14O5. The maximum absolute atomic E-state index is 9.40. The SMILES string of the molecule is CO[C@@]1(C)OC(C)[C@H](O)C(O)=C1O. The molecule has 1 rings (SSSR count). The lowest BCUT2D eigenvalue weighted by molar-refractivity contribution is -0.253. The van der Waals surface area contributed by atoms with Crippen LogP contribution in [0.3, 0.4) is 0 Å². The van der Waals surface area contributed by atoms with Gasteiger partial charge in [0.1, 0.15) is 6.10 Å². The number of hydrogen-bond acceptors (Lipinski definition) is 5. The summed E-state index contributed by atoms with van der Waals surface area (Å²) in [4.78, 5) is 0. The van der Waals surface area contributed by atoms with E-state index in [1.807, 2.05) is 0 Å². The monoisotopic (exact) mass is 190 g/mol. The van der Waals surface area contributed by atoms with Crippen LogP contribution in [0.5, 0.6) is 0 Å². The van der Waals surface area contributed by atoms with Gasteiger partial charge in [0.25, 0.3) is 0 Å². The van der Waals surface area contributed by atoms with Gasteiger partial charge in [-0.1, -0.05) is 0 Å². The van der Waals surface area contributed by atoms with Crippen LogP contribution in [-0.2, 0) is 9.47 Å². The van der Waals surface area contributed by atoms with Gasteiger partial charge < -0.3 is 24.8 Å². The third-order valence-electron chi connectivity index (χ3n) is 2.20. The van der Waals surface area contributed by atoms with Crippen LogP contribution in [0.15, 0.2) is 11.5 Å². The van der Waals surface area contributed by atoms with E-state index in [-0.39, 0.29) is 0 Å². The van der Waals surface area contributed by atoms with E-state index in [1.54, 1.807) is 6.92 Å². The highest BCUT2D eigenvalue weighted by molar-refractivity contribution is 5.16. The molecular weight excluding hydrogens is 176 g/mol. The van der Waals surface area contributed by atoms with Crippen molar-refractivity contribution >= 4 is 0 Å². The zero-order valence-electron chi connectivity index (χ0n) is 7.81. The standard InChI is InChI=1S/C8H14O5/c1-4-5(9)6(10)7(11)8(2,12-3)13-4/h4-5,9-11H,1-3H3/t4?,5-,8-/m0/s1. The molecule has 0 saturated carbocycles. The largest absolute Gasteiger partial charge is 0.506 e. The van der Waals surface area contributed by atoms with E-state index in [4.69, 9.17) is 9.47 Å². The Balaban J connectivity index is 3.06. The molecule has 3 atom stereocenters. The van der Waals surface area contributed by atoms with E-state index in [9.17, 15) is 15.3 Å². The van der Waals surface area contributed by atoms with Gasteiger partial charge in [-0.2, -0.15) is 0 Å². The average molecular weight is 190 g/mol. The first-order chi connectivity index (χ1) is 5.92. The molecule has 0 aromatic heterocycles. The lowest BCUT2D eigenvalue weighted by Gasteiger charge is -2.37. The molecule has 3 N–H and O–H groups in total. The van der Waals surface area contributed by atoms with E-state index >= 15 is 0 Å². The first-order valence-corrected chi connectivity index (χ1v) is 3.96. The van der Waals surface area contributed by atoms with E-state index in [0.29, 0.717) is 0 Å². The van der Waals surface area contributed by atoms with Crippen LogP contribution < -0.4 is 0 Å². The molecule has 0 aromatic carbocycles. The average Bonchev–Trinajstić information content (AvgIpc) is 2.12. The summed E-state index contributed by atoms with van der Waals surface area (Å²) in [5.74, 6) is -2.35. The van der Waals surface area contributed by atoms with Crippen LogP contribution >= 0.6 is 0 Å². The van der Waals surface area contributed by atoms with Crippen molar-refractivity contribution in [2.24, 2.45) is 0 Å². The van der Waals surface area contributed by atoms with Gasteiger partial charge in [0.2, 0.25) is 5.79 Å². The summed E-state index contributed by atoms with van der Waals surface area (Å²) in [6.07, 6.45) is -1.83. The van der Waals surface area contributed by atoms with Crippen LogP contribution in [0.4, 0.5) is 0 Å². The molecule has 0 aliphatic carbocycles. The lowest BCUT2D eigenvalue weighted by Crippen LogP contribution is -2.47. The molecule has 5 nitrogen and oxygen atoms in total. The van der Waals surface area contributed by atoms with Crippen LogP contribution in [0.25, 0.3) is 0 Å². The van der Waals surface area contributed by atoms with Gasteiger partial charge in [-0.3, -0.25) is 0 Å². The Morgan fingerprint density at radius 2 is 2.00 bits per heavy atom. The van der Waals surface area contributed by atoms with Crippen molar-refractivity contribution in [3.63, 3.8) is 0 Å². The Morgan fingerprint density at radius 1 is 1.46 bits per heavy atom. The van der Waals surface area contributed by atoms with Crippen LogP contribution in [-0.4, -0.2) is 40.4 Å². The third kappa shape index (κ3) is 1.50. The third-order valence-corrected chi connectivity index (χ3v) is 2.20. The van der Waals surface area contributed by atoms with Gasteiger partial charge >= 0.3 is 0 Å². The summed E-state index contributed by atoms with van der Waals surface area (Å²) >= 11 is 0. The number of methoxy groups -OCH3 is 1. The molecule has 0 fully saturated rings. The fourth-order valence-electron chi connectivity index (χ4n) is 1.21. The molecule has 0 spiro atoms. The topological polar surface area (TPSA) is 79.2 Å². The predicted octanol–water partition coefficient (Wildman–Crippen LogP) is 0.456. The molecule has 1 unspecified atom stereocenters. The smallest absolute Gasteiger partial charge is 0.228 e. The normalized spacial score (nSPS) is 40.9. The van der Waals surface area contributed by atoms with Crippen molar-refractivity contribution in [3.05, 3.63) is 11.5 Å². The van der Waals surface area contributed by atoms with Gasteiger partial charge in [-0.05, 0) is 13.8 Å². The lowest BCUT2D eigenvalue weighted by atomic mass is 10.0. The van der Waals surface area contributed by atoms with Crippen LogP contribution in [0, 0.1) is 0 Å². The summed E-state index contributed by atoms with van der Waals surface area (Å²) in [7, 11) is 1.34. The van der Waals surface area contributed by atoms with Gasteiger partial charge in [-0.15, -0.1) is 0 Å². The van der Waals surface area contributed by atoms with Crippen molar-refractivity contribution in [1.29, 1.82) is 0 Å². The molecule has 0 amide bonds. The first-order valence-electron chi connectivity index (χ1n) is 3.96. The number of aliphatic hydroxyl groups excluding tert-OH is 3. The second kappa shape index (κ2) is 3.17. The molecule has 76 valence electrons. The minimum Gasteiger partial charge on any atom is -0.506 e. The summed E-state index contributed by atoms with van der Waals surface area (Å²) < 4.78 is 10.1. The maximum Gasteiger partial charge on any atom is 0.228 e. The predicted molar refractivity (Wildman–Crippen MR) is 44.3 cm³/mol. The van der Waals surface area contributed by atoms with Crippen molar-refractivity contribution in [2.75, 3.05) is 7.11 Å². The minimum atomic E-state index is -1.37. The second-order valence-corrected chi connectivity index (χ2v) is 3.15. The Bertz CT molecular complexity index is 237. The van der Waals surface area contributed by atoms with Crippen LogP contribution in [0.1, 0.15) is 13.8 Å². The Labute approximate surface area is 76.2 Å². The Hall–Kier alpha value is -0.780. The minimum absolute atomic E-state index is 0.486. The number of ether oxygens (including phenoxy) is 2. The molecule has 13 heavy (non-hydrogen) atoms. The van der Waals surface area contributed by atoms with Crippen molar-refractivity contribution in [3.8, 4) is 0 Å². The number of hydrogen-bond donors (Lipinski definition) is 3. The summed E-state index contributed by atoms with van der Waals surface area (Å²) in [6.45, 7) is 3.03. The fourth-order valence-corrected chi connectivity index (χ4v) is 1.21. The van der Waals surface area contributed by atoms with E-state index in [2.05, 4.69) is 0 Å². The molecule has 1 heterocycles. The van der Waals surface area contributed by atoms with E-state index in [1.165, 1.54) is 14.0 Å². The Kier molecular flexibility index (Phi) is 2.51. The zero-order chi connectivity index (χ0) is 10.2. The maximum atomic E-state index is 9.40. The highest BCUT2D eigenvalue weighted by Gasteiger charge is 2.43. The van der Waals surface area contributed by atoms with Crippen molar-refractivity contribution < 1.29 is 24.8 Å². The molecule has 1 aliphatic rings. The number of rotatable bonds is 1. The quantitative estimate of drug-likeness (QED) is 0.559. The summed E-state index contributed by atoms with van der Waals surface area (Å²) in [5, 5.41) is 28.0. The highest BCUT2D eigenvalue weighted by Crippen LogP contribution is 2.31. The fraction of sp³-hybridized carbons (Fsp3) is 0.750. The molecule has 1 aliphatic heterocycles. The summed E-state index contributed by atoms with van der Waals surface area (Å²) in [5.41, 5.74) is 0. The van der Waals surface area contributed by atoms with Crippen LogP contribution in [0.2, 0.25) is 0 Å². The van der Waals surface area contributed by atoms with Crippen molar-refractivity contribution in [1.82, 2.24) is 0 Å². The van der Waals surface area contributed by atoms with Gasteiger partial charge in [0.15, 0.2) is 11.5 Å². The second-order valence-electron chi connectivity index (χ2n) is 3.15. The van der Waals surface area contributed by atoms with E-state index < -0.39 is 29.5 Å².